The second kappa shape index (κ2) is 5.72. The van der Waals surface area contributed by atoms with Crippen LogP contribution in [0.25, 0.3) is 0 Å². The molecular formula is C9H15ClN4O. The number of nitrogens with one attached hydrogen (secondary N) is 1. The molecule has 0 aliphatic heterocycles. The van der Waals surface area contributed by atoms with Gasteiger partial charge in [0.15, 0.2) is 5.82 Å². The highest BCUT2D eigenvalue weighted by Gasteiger charge is 2.06. The Bertz CT molecular complexity index is 332. The van der Waals surface area contributed by atoms with E-state index in [1.165, 1.54) is 0 Å². The number of halogens is 1. The number of hydrogen-bond donors (Lipinski definition) is 2. The topological polar surface area (TPSA) is 73.1 Å². The van der Waals surface area contributed by atoms with Crippen LogP contribution in [-0.2, 0) is 4.74 Å². The largest absolute Gasteiger partial charge is 0.394 e. The molecule has 0 fully saturated rings. The number of aromatic nitrogens is 2. The summed E-state index contributed by atoms with van der Waals surface area (Å²) < 4.78 is 4.93. The van der Waals surface area contributed by atoms with Gasteiger partial charge in [-0.15, -0.1) is 0 Å². The van der Waals surface area contributed by atoms with Crippen molar-refractivity contribution in [1.29, 1.82) is 0 Å². The summed E-state index contributed by atoms with van der Waals surface area (Å²) in [4.78, 5) is 7.95. The predicted molar refractivity (Wildman–Crippen MR) is 61.2 cm³/mol. The number of nitrogen functional groups attached to an aromatic ring is 1. The summed E-state index contributed by atoms with van der Waals surface area (Å²) >= 11 is 5.72. The molecule has 1 aromatic rings. The Morgan fingerprint density at radius 3 is 2.87 bits per heavy atom. The van der Waals surface area contributed by atoms with Gasteiger partial charge in [-0.3, -0.25) is 0 Å². The van der Waals surface area contributed by atoms with E-state index in [2.05, 4.69) is 15.3 Å². The SMILES string of the molecule is COCCCNc1nc(Cl)nc(C)c1N. The molecular weight excluding hydrogens is 216 g/mol. The number of nitrogens with zero attached hydrogens (tertiary/aromatic N) is 2. The fourth-order valence-electron chi connectivity index (χ4n) is 1.11. The highest BCUT2D eigenvalue weighted by molar-refractivity contribution is 6.28. The molecule has 0 saturated carbocycles. The van der Waals surface area contributed by atoms with Crippen molar-refractivity contribution >= 4 is 23.1 Å². The van der Waals surface area contributed by atoms with Crippen molar-refractivity contribution in [2.45, 2.75) is 13.3 Å². The molecule has 84 valence electrons. The molecule has 15 heavy (non-hydrogen) atoms. The summed E-state index contributed by atoms with van der Waals surface area (Å²) in [5.74, 6) is 0.587. The van der Waals surface area contributed by atoms with Crippen LogP contribution in [0.2, 0.25) is 5.28 Å². The lowest BCUT2D eigenvalue weighted by molar-refractivity contribution is 0.198. The Kier molecular flexibility index (Phi) is 4.58. The number of nitrogens with two attached hydrogens (primary N) is 1. The van der Waals surface area contributed by atoms with Gasteiger partial charge in [0, 0.05) is 20.3 Å². The molecule has 0 spiro atoms. The van der Waals surface area contributed by atoms with E-state index in [1.807, 2.05) is 0 Å². The Balaban J connectivity index is 2.60. The third-order valence-corrected chi connectivity index (χ3v) is 2.10. The lowest BCUT2D eigenvalue weighted by Crippen LogP contribution is -2.10. The van der Waals surface area contributed by atoms with E-state index < -0.39 is 0 Å². The van der Waals surface area contributed by atoms with Gasteiger partial charge in [-0.25, -0.2) is 4.98 Å². The quantitative estimate of drug-likeness (QED) is 0.592. The number of aryl methyl sites for hydroxylation is 1. The molecule has 0 amide bonds. The Morgan fingerprint density at radius 2 is 2.20 bits per heavy atom. The van der Waals surface area contributed by atoms with Crippen LogP contribution in [0.3, 0.4) is 0 Å². The maximum atomic E-state index is 5.79. The number of rotatable bonds is 5. The van der Waals surface area contributed by atoms with Gasteiger partial charge < -0.3 is 15.8 Å². The average molecular weight is 231 g/mol. The molecule has 0 bridgehead atoms. The maximum absolute atomic E-state index is 5.79. The predicted octanol–water partition coefficient (Wildman–Crippen LogP) is 1.47. The molecule has 3 N–H and O–H groups in total. The van der Waals surface area contributed by atoms with Crippen molar-refractivity contribution < 1.29 is 4.74 Å². The molecule has 0 unspecified atom stereocenters. The second-order valence-electron chi connectivity index (χ2n) is 3.11. The summed E-state index contributed by atoms with van der Waals surface area (Å²) in [6.07, 6.45) is 0.886. The maximum Gasteiger partial charge on any atom is 0.224 e. The Labute approximate surface area is 94.0 Å². The molecule has 0 radical (unpaired) electrons. The molecule has 0 atom stereocenters. The van der Waals surface area contributed by atoms with Gasteiger partial charge >= 0.3 is 0 Å². The minimum absolute atomic E-state index is 0.205. The number of methoxy groups -OCH3 is 1. The van der Waals surface area contributed by atoms with Crippen molar-refractivity contribution in [3.63, 3.8) is 0 Å². The third-order valence-electron chi connectivity index (χ3n) is 1.93. The summed E-state index contributed by atoms with van der Waals surface area (Å²) in [6, 6.07) is 0. The van der Waals surface area contributed by atoms with E-state index in [0.29, 0.717) is 23.8 Å². The molecule has 0 aliphatic carbocycles. The molecule has 1 heterocycles. The molecule has 0 aliphatic rings. The molecule has 1 rings (SSSR count). The summed E-state index contributed by atoms with van der Waals surface area (Å²) in [7, 11) is 1.67. The Morgan fingerprint density at radius 1 is 1.47 bits per heavy atom. The molecule has 0 aromatic carbocycles. The van der Waals surface area contributed by atoms with E-state index in [4.69, 9.17) is 22.1 Å². The zero-order valence-corrected chi connectivity index (χ0v) is 9.64. The van der Waals surface area contributed by atoms with Crippen molar-refractivity contribution in [2.24, 2.45) is 0 Å². The average Bonchev–Trinajstić information content (AvgIpc) is 2.19. The standard InChI is InChI=1S/C9H15ClN4O/c1-6-7(11)8(14-9(10)13-6)12-4-3-5-15-2/h3-5,11H2,1-2H3,(H,12,13,14). The molecule has 5 nitrogen and oxygen atoms in total. The van der Waals surface area contributed by atoms with Gasteiger partial charge in [0.2, 0.25) is 5.28 Å². The highest BCUT2D eigenvalue weighted by atomic mass is 35.5. The van der Waals surface area contributed by atoms with Crippen molar-refractivity contribution in [2.75, 3.05) is 31.3 Å². The lowest BCUT2D eigenvalue weighted by Gasteiger charge is -2.09. The normalized spacial score (nSPS) is 10.3. The van der Waals surface area contributed by atoms with E-state index in [-0.39, 0.29) is 5.28 Å². The van der Waals surface area contributed by atoms with Crippen LogP contribution in [0.5, 0.6) is 0 Å². The van der Waals surface area contributed by atoms with Gasteiger partial charge in [-0.05, 0) is 24.9 Å². The lowest BCUT2D eigenvalue weighted by atomic mass is 10.3. The number of anilines is 2. The third kappa shape index (κ3) is 3.53. The van der Waals surface area contributed by atoms with Crippen LogP contribution >= 0.6 is 11.6 Å². The first-order valence-electron chi connectivity index (χ1n) is 4.67. The van der Waals surface area contributed by atoms with Crippen LogP contribution < -0.4 is 11.1 Å². The van der Waals surface area contributed by atoms with Crippen molar-refractivity contribution in [1.82, 2.24) is 9.97 Å². The van der Waals surface area contributed by atoms with Crippen LogP contribution in [0, 0.1) is 6.92 Å². The van der Waals surface area contributed by atoms with Gasteiger partial charge in [0.05, 0.1) is 11.4 Å². The minimum Gasteiger partial charge on any atom is -0.394 e. The van der Waals surface area contributed by atoms with Gasteiger partial charge in [0.25, 0.3) is 0 Å². The van der Waals surface area contributed by atoms with Crippen LogP contribution in [0.15, 0.2) is 0 Å². The number of hydrogen-bond acceptors (Lipinski definition) is 5. The molecule has 0 saturated heterocycles. The fourth-order valence-corrected chi connectivity index (χ4v) is 1.32. The first-order chi connectivity index (χ1) is 7.15. The summed E-state index contributed by atoms with van der Waals surface area (Å²) in [5, 5.41) is 3.29. The van der Waals surface area contributed by atoms with E-state index >= 15 is 0 Å². The van der Waals surface area contributed by atoms with Gasteiger partial charge in [-0.1, -0.05) is 0 Å². The molecule has 1 aromatic heterocycles. The molecule has 6 heteroatoms. The zero-order valence-electron chi connectivity index (χ0n) is 8.88. The monoisotopic (exact) mass is 230 g/mol. The van der Waals surface area contributed by atoms with Crippen LogP contribution in [-0.4, -0.2) is 30.2 Å². The first-order valence-corrected chi connectivity index (χ1v) is 5.05. The minimum atomic E-state index is 0.205. The van der Waals surface area contributed by atoms with Crippen LogP contribution in [0.1, 0.15) is 12.1 Å². The van der Waals surface area contributed by atoms with Crippen molar-refractivity contribution in [3.8, 4) is 0 Å². The van der Waals surface area contributed by atoms with E-state index in [1.54, 1.807) is 14.0 Å². The highest BCUT2D eigenvalue weighted by Crippen LogP contribution is 2.20. The fraction of sp³-hybridized carbons (Fsp3) is 0.556. The summed E-state index contributed by atoms with van der Waals surface area (Å²) in [6.45, 7) is 3.23. The first kappa shape index (κ1) is 12.0. The van der Waals surface area contributed by atoms with E-state index in [9.17, 15) is 0 Å². The summed E-state index contributed by atoms with van der Waals surface area (Å²) in [5.41, 5.74) is 7.01. The number of ether oxygens (including phenoxy) is 1. The van der Waals surface area contributed by atoms with Crippen molar-refractivity contribution in [3.05, 3.63) is 11.0 Å². The van der Waals surface area contributed by atoms with Crippen LogP contribution in [0.4, 0.5) is 11.5 Å². The smallest absolute Gasteiger partial charge is 0.224 e. The van der Waals surface area contributed by atoms with E-state index in [0.717, 1.165) is 13.0 Å². The zero-order chi connectivity index (χ0) is 11.3. The Hall–Kier alpha value is -1.07. The van der Waals surface area contributed by atoms with Gasteiger partial charge in [-0.2, -0.15) is 4.98 Å². The second-order valence-corrected chi connectivity index (χ2v) is 3.45. The van der Waals surface area contributed by atoms with Gasteiger partial charge in [0.1, 0.15) is 0 Å².